The summed E-state index contributed by atoms with van der Waals surface area (Å²) in [4.78, 5) is 28.1. The normalized spacial score (nSPS) is 13.5. The van der Waals surface area contributed by atoms with Crippen LogP contribution in [0.25, 0.3) is 11.1 Å². The van der Waals surface area contributed by atoms with E-state index >= 15 is 0 Å². The number of carbonyl (C=O) groups excluding carboxylic acids is 2. The molecule has 1 aliphatic carbocycles. The molecule has 36 heavy (non-hydrogen) atoms. The third kappa shape index (κ3) is 5.62. The van der Waals surface area contributed by atoms with Gasteiger partial charge in [0.25, 0.3) is 0 Å². The maximum absolute atomic E-state index is 13.4. The molecule has 1 atom stereocenters. The summed E-state index contributed by atoms with van der Waals surface area (Å²) in [6, 6.07) is 23.7. The Kier molecular flexibility index (Phi) is 7.48. The molecule has 0 aliphatic heterocycles. The Bertz CT molecular complexity index is 1180. The van der Waals surface area contributed by atoms with Crippen LogP contribution in [0.2, 0.25) is 0 Å². The number of amides is 1. The summed E-state index contributed by atoms with van der Waals surface area (Å²) in [7, 11) is 0. The van der Waals surface area contributed by atoms with E-state index in [4.69, 9.17) is 9.47 Å². The maximum atomic E-state index is 13.4. The quantitative estimate of drug-likeness (QED) is 0.358. The zero-order chi connectivity index (χ0) is 25.9. The molecule has 0 N–H and O–H groups in total. The Morgan fingerprint density at radius 1 is 0.889 bits per heavy atom. The number of fused-ring (bicyclic) bond motifs is 3. The number of ether oxygens (including phenoxy) is 2. The monoisotopic (exact) mass is 485 g/mol. The van der Waals surface area contributed by atoms with Crippen LogP contribution < -0.4 is 0 Å². The van der Waals surface area contributed by atoms with Gasteiger partial charge in [0.1, 0.15) is 18.2 Å². The molecule has 0 fully saturated rings. The molecule has 188 valence electrons. The van der Waals surface area contributed by atoms with Gasteiger partial charge in [-0.1, -0.05) is 78.4 Å². The smallest absolute Gasteiger partial charge is 0.410 e. The molecule has 1 amide bonds. The van der Waals surface area contributed by atoms with Crippen LogP contribution in [0.5, 0.6) is 0 Å². The molecular formula is C31H35NO4. The molecule has 3 aromatic carbocycles. The largest absolute Gasteiger partial charge is 0.458 e. The average Bonchev–Trinajstić information content (AvgIpc) is 3.16. The number of aryl methyl sites for hydroxylation is 1. The minimum absolute atomic E-state index is 0.0443. The van der Waals surface area contributed by atoms with Gasteiger partial charge < -0.3 is 9.47 Å². The molecular weight excluding hydrogens is 450 g/mol. The van der Waals surface area contributed by atoms with Crippen LogP contribution in [0, 0.1) is 6.92 Å². The van der Waals surface area contributed by atoms with Gasteiger partial charge in [0.15, 0.2) is 0 Å². The highest BCUT2D eigenvalue weighted by Gasteiger charge is 2.35. The van der Waals surface area contributed by atoms with Crippen molar-refractivity contribution in [3.05, 3.63) is 95.1 Å². The van der Waals surface area contributed by atoms with Crippen molar-refractivity contribution in [2.45, 2.75) is 58.6 Å². The minimum Gasteiger partial charge on any atom is -0.458 e. The van der Waals surface area contributed by atoms with Crippen molar-refractivity contribution in [2.75, 3.05) is 13.2 Å². The molecule has 0 aromatic heterocycles. The summed E-state index contributed by atoms with van der Waals surface area (Å²) in [5.41, 5.74) is 6.08. The van der Waals surface area contributed by atoms with E-state index in [0.29, 0.717) is 13.0 Å². The number of rotatable bonds is 7. The summed E-state index contributed by atoms with van der Waals surface area (Å²) >= 11 is 0. The number of likely N-dealkylation sites (N-methyl/N-ethyl adjacent to an activating group) is 1. The standard InChI is InChI=1S/C31H35NO4/c1-6-32(28(29(33)36-31(3,4)5)19-22-17-15-21(2)16-18-22)30(34)35-20-27-25-13-9-7-11-23(25)24-12-8-10-14-26(24)27/h7-18,27-28H,6,19-20H2,1-5H3/t28-/m0/s1. The third-order valence-electron chi connectivity index (χ3n) is 6.52. The van der Waals surface area contributed by atoms with Crippen molar-refractivity contribution in [3.63, 3.8) is 0 Å². The molecule has 5 nitrogen and oxygen atoms in total. The van der Waals surface area contributed by atoms with E-state index in [0.717, 1.165) is 22.3 Å². The second-order valence-corrected chi connectivity index (χ2v) is 10.3. The van der Waals surface area contributed by atoms with E-state index in [9.17, 15) is 9.59 Å². The molecule has 0 heterocycles. The summed E-state index contributed by atoms with van der Waals surface area (Å²) in [5, 5.41) is 0. The van der Waals surface area contributed by atoms with Crippen LogP contribution in [-0.2, 0) is 20.7 Å². The number of hydrogen-bond acceptors (Lipinski definition) is 4. The summed E-state index contributed by atoms with van der Waals surface area (Å²) in [5.74, 6) is -0.476. The van der Waals surface area contributed by atoms with Crippen molar-refractivity contribution < 1.29 is 19.1 Å². The first-order valence-corrected chi connectivity index (χ1v) is 12.6. The number of carbonyl (C=O) groups is 2. The van der Waals surface area contributed by atoms with Crippen LogP contribution in [0.15, 0.2) is 72.8 Å². The van der Waals surface area contributed by atoms with E-state index in [1.165, 1.54) is 16.0 Å². The van der Waals surface area contributed by atoms with Crippen LogP contribution in [0.3, 0.4) is 0 Å². The zero-order valence-corrected chi connectivity index (χ0v) is 21.8. The Hall–Kier alpha value is -3.60. The molecule has 5 heteroatoms. The third-order valence-corrected chi connectivity index (χ3v) is 6.52. The average molecular weight is 486 g/mol. The van der Waals surface area contributed by atoms with E-state index in [1.54, 1.807) is 0 Å². The number of hydrogen-bond donors (Lipinski definition) is 0. The van der Waals surface area contributed by atoms with Crippen molar-refractivity contribution in [2.24, 2.45) is 0 Å². The summed E-state index contributed by atoms with van der Waals surface area (Å²) in [6.07, 6.45) is -0.157. The van der Waals surface area contributed by atoms with Gasteiger partial charge in [0, 0.05) is 18.9 Å². The van der Waals surface area contributed by atoms with E-state index < -0.39 is 23.7 Å². The lowest BCUT2D eigenvalue weighted by molar-refractivity contribution is -0.160. The van der Waals surface area contributed by atoms with Gasteiger partial charge in [0.2, 0.25) is 0 Å². The molecule has 0 spiro atoms. The molecule has 4 rings (SSSR count). The number of benzene rings is 3. The first-order chi connectivity index (χ1) is 17.2. The predicted octanol–water partition coefficient (Wildman–Crippen LogP) is 6.52. The number of esters is 1. The van der Waals surface area contributed by atoms with E-state index in [2.05, 4.69) is 24.3 Å². The van der Waals surface area contributed by atoms with Gasteiger partial charge >= 0.3 is 12.1 Å². The highest BCUT2D eigenvalue weighted by atomic mass is 16.6. The van der Waals surface area contributed by atoms with Crippen molar-refractivity contribution in [1.82, 2.24) is 4.90 Å². The first-order valence-electron chi connectivity index (χ1n) is 12.6. The van der Waals surface area contributed by atoms with E-state index in [1.807, 2.05) is 83.1 Å². The van der Waals surface area contributed by atoms with Gasteiger partial charge in [-0.05, 0) is 62.4 Å². The predicted molar refractivity (Wildman–Crippen MR) is 142 cm³/mol. The fourth-order valence-corrected chi connectivity index (χ4v) is 4.79. The summed E-state index contributed by atoms with van der Waals surface area (Å²) in [6.45, 7) is 9.89. The van der Waals surface area contributed by atoms with E-state index in [-0.39, 0.29) is 12.5 Å². The highest BCUT2D eigenvalue weighted by molar-refractivity contribution is 5.82. The second-order valence-electron chi connectivity index (χ2n) is 10.3. The second kappa shape index (κ2) is 10.6. The van der Waals surface area contributed by atoms with Gasteiger partial charge in [-0.15, -0.1) is 0 Å². The lowest BCUT2D eigenvalue weighted by Gasteiger charge is -2.31. The molecule has 3 aromatic rings. The molecule has 0 saturated carbocycles. The maximum Gasteiger partial charge on any atom is 0.410 e. The van der Waals surface area contributed by atoms with Gasteiger partial charge in [-0.25, -0.2) is 9.59 Å². The fraction of sp³-hybridized carbons (Fsp3) is 0.355. The summed E-state index contributed by atoms with van der Waals surface area (Å²) < 4.78 is 11.6. The molecule has 0 bridgehead atoms. The van der Waals surface area contributed by atoms with Gasteiger partial charge in [-0.2, -0.15) is 0 Å². The van der Waals surface area contributed by atoms with Crippen molar-refractivity contribution >= 4 is 12.1 Å². The van der Waals surface area contributed by atoms with Crippen LogP contribution in [0.4, 0.5) is 4.79 Å². The molecule has 0 unspecified atom stereocenters. The Morgan fingerprint density at radius 3 is 1.97 bits per heavy atom. The molecule has 0 radical (unpaired) electrons. The SMILES string of the molecule is CCN(C(=O)OCC1c2ccccc2-c2ccccc21)[C@@H](Cc1ccc(C)cc1)C(=O)OC(C)(C)C. The molecule has 1 aliphatic rings. The Labute approximate surface area is 214 Å². The van der Waals surface area contributed by atoms with Gasteiger partial charge in [-0.3, -0.25) is 4.90 Å². The van der Waals surface area contributed by atoms with Gasteiger partial charge in [0.05, 0.1) is 0 Å². The number of nitrogens with zero attached hydrogens (tertiary/aromatic N) is 1. The Morgan fingerprint density at radius 2 is 1.44 bits per heavy atom. The zero-order valence-electron chi connectivity index (χ0n) is 21.8. The van der Waals surface area contributed by atoms with Crippen molar-refractivity contribution in [1.29, 1.82) is 0 Å². The van der Waals surface area contributed by atoms with Crippen LogP contribution >= 0.6 is 0 Å². The lowest BCUT2D eigenvalue weighted by atomic mass is 9.98. The highest BCUT2D eigenvalue weighted by Crippen LogP contribution is 2.44. The minimum atomic E-state index is -0.785. The van der Waals surface area contributed by atoms with Crippen LogP contribution in [-0.4, -0.2) is 41.8 Å². The van der Waals surface area contributed by atoms with Crippen LogP contribution in [0.1, 0.15) is 55.9 Å². The lowest BCUT2D eigenvalue weighted by Crippen LogP contribution is -2.49. The van der Waals surface area contributed by atoms with Crippen molar-refractivity contribution in [3.8, 4) is 11.1 Å². The Balaban J connectivity index is 1.55. The topological polar surface area (TPSA) is 55.8 Å². The fourth-order valence-electron chi connectivity index (χ4n) is 4.79. The first kappa shape index (κ1) is 25.5. The molecule has 0 saturated heterocycles.